The van der Waals surface area contributed by atoms with Gasteiger partial charge in [0.05, 0.1) is 24.7 Å². The lowest BCUT2D eigenvalue weighted by Gasteiger charge is -2.27. The molecule has 1 N–H and O–H groups in total. The summed E-state index contributed by atoms with van der Waals surface area (Å²) in [6.45, 7) is 5.39. The van der Waals surface area contributed by atoms with Crippen molar-refractivity contribution in [2.75, 3.05) is 46.4 Å². The molecule has 1 aromatic rings. The van der Waals surface area contributed by atoms with Crippen LogP contribution in [-0.4, -0.2) is 75.9 Å². The number of nitrogens with one attached hydrogen (secondary N) is 1. The third-order valence-electron chi connectivity index (χ3n) is 4.32. The average Bonchev–Trinajstić information content (AvgIpc) is 2.66. The molecule has 1 aliphatic heterocycles. The summed E-state index contributed by atoms with van der Waals surface area (Å²) in [6, 6.07) is 4.59. The van der Waals surface area contributed by atoms with Gasteiger partial charge in [-0.2, -0.15) is 4.31 Å². The van der Waals surface area contributed by atoms with E-state index in [1.807, 2.05) is 6.92 Å². The molecule has 1 saturated heterocycles. The molecule has 1 aliphatic rings. The van der Waals surface area contributed by atoms with Gasteiger partial charge in [0.15, 0.2) is 0 Å². The van der Waals surface area contributed by atoms with Crippen LogP contribution in [0.25, 0.3) is 0 Å². The predicted molar refractivity (Wildman–Crippen MR) is 101 cm³/mol. The minimum atomic E-state index is -3.71. The highest BCUT2D eigenvalue weighted by Crippen LogP contribution is 2.23. The Balaban J connectivity index is 2.20. The van der Waals surface area contributed by atoms with E-state index in [1.165, 1.54) is 22.3 Å². The van der Waals surface area contributed by atoms with E-state index in [4.69, 9.17) is 4.74 Å². The normalized spacial score (nSPS) is 15.4. The number of benzene rings is 1. The van der Waals surface area contributed by atoms with Crippen molar-refractivity contribution in [3.05, 3.63) is 29.3 Å². The monoisotopic (exact) mass is 397 g/mol. The van der Waals surface area contributed by atoms with Crippen molar-refractivity contribution in [2.24, 2.45) is 0 Å². The quantitative estimate of drug-likeness (QED) is 0.727. The standard InChI is InChI=1S/C18H27N3O5S/c1-4-7-19-17(22)13-20(3)18(23)15-6-5-14(2)16(12-15)27(24,25)21-8-10-26-11-9-21/h5-6,12H,4,7-11,13H2,1-3H3,(H,19,22). The second-order valence-corrected chi connectivity index (χ2v) is 8.41. The van der Waals surface area contributed by atoms with Gasteiger partial charge >= 0.3 is 0 Å². The summed E-state index contributed by atoms with van der Waals surface area (Å²) in [7, 11) is -2.19. The van der Waals surface area contributed by atoms with Gasteiger partial charge in [0.25, 0.3) is 5.91 Å². The minimum absolute atomic E-state index is 0.0851. The number of likely N-dealkylation sites (N-methyl/N-ethyl adjacent to an activating group) is 1. The van der Waals surface area contributed by atoms with Crippen LogP contribution in [0.3, 0.4) is 0 Å². The van der Waals surface area contributed by atoms with E-state index >= 15 is 0 Å². The summed E-state index contributed by atoms with van der Waals surface area (Å²) in [5.74, 6) is -0.652. The highest BCUT2D eigenvalue weighted by atomic mass is 32.2. The van der Waals surface area contributed by atoms with Crippen molar-refractivity contribution >= 4 is 21.8 Å². The topological polar surface area (TPSA) is 96.0 Å². The number of carbonyl (C=O) groups excluding carboxylic acids is 2. The van der Waals surface area contributed by atoms with E-state index in [0.29, 0.717) is 25.3 Å². The first-order chi connectivity index (χ1) is 12.8. The van der Waals surface area contributed by atoms with E-state index in [1.54, 1.807) is 19.1 Å². The van der Waals surface area contributed by atoms with Gasteiger partial charge in [-0.15, -0.1) is 0 Å². The van der Waals surface area contributed by atoms with Crippen LogP contribution in [0.5, 0.6) is 0 Å². The smallest absolute Gasteiger partial charge is 0.254 e. The molecule has 9 heteroatoms. The molecule has 0 aliphatic carbocycles. The Morgan fingerprint density at radius 1 is 1.26 bits per heavy atom. The Kier molecular flexibility index (Phi) is 7.34. The summed E-state index contributed by atoms with van der Waals surface area (Å²) in [4.78, 5) is 25.8. The number of aryl methyl sites for hydroxylation is 1. The van der Waals surface area contributed by atoms with Gasteiger partial charge in [0.1, 0.15) is 0 Å². The molecule has 1 heterocycles. The van der Waals surface area contributed by atoms with Crippen LogP contribution in [0, 0.1) is 6.92 Å². The second kappa shape index (κ2) is 9.29. The van der Waals surface area contributed by atoms with Crippen molar-refractivity contribution < 1.29 is 22.7 Å². The Labute approximate surface area is 160 Å². The van der Waals surface area contributed by atoms with E-state index in [2.05, 4.69) is 5.32 Å². The third kappa shape index (κ3) is 5.27. The van der Waals surface area contributed by atoms with Crippen LogP contribution in [0.4, 0.5) is 0 Å². The van der Waals surface area contributed by atoms with E-state index in [0.717, 1.165) is 6.42 Å². The van der Waals surface area contributed by atoms with Crippen LogP contribution in [0.15, 0.2) is 23.1 Å². The zero-order chi connectivity index (χ0) is 20.0. The van der Waals surface area contributed by atoms with Crippen molar-refractivity contribution in [1.29, 1.82) is 0 Å². The molecule has 0 unspecified atom stereocenters. The first-order valence-corrected chi connectivity index (χ1v) is 10.4. The zero-order valence-corrected chi connectivity index (χ0v) is 16.8. The molecule has 0 saturated carbocycles. The van der Waals surface area contributed by atoms with Crippen LogP contribution < -0.4 is 5.32 Å². The van der Waals surface area contributed by atoms with Crippen LogP contribution in [0.2, 0.25) is 0 Å². The SMILES string of the molecule is CCCNC(=O)CN(C)C(=O)c1ccc(C)c(S(=O)(=O)N2CCOCC2)c1. The summed E-state index contributed by atoms with van der Waals surface area (Å²) in [5, 5.41) is 2.71. The Bertz CT molecular complexity index is 788. The van der Waals surface area contributed by atoms with Crippen molar-refractivity contribution in [1.82, 2.24) is 14.5 Å². The van der Waals surface area contributed by atoms with Gasteiger partial charge in [-0.25, -0.2) is 8.42 Å². The molecule has 0 atom stereocenters. The number of nitrogens with zero attached hydrogens (tertiary/aromatic N) is 2. The number of hydrogen-bond acceptors (Lipinski definition) is 5. The third-order valence-corrected chi connectivity index (χ3v) is 6.36. The summed E-state index contributed by atoms with van der Waals surface area (Å²) < 4.78 is 32.4. The van der Waals surface area contributed by atoms with Gasteiger partial charge in [-0.1, -0.05) is 13.0 Å². The second-order valence-electron chi connectivity index (χ2n) is 6.51. The van der Waals surface area contributed by atoms with Crippen LogP contribution in [-0.2, 0) is 19.6 Å². The molecule has 0 radical (unpaired) electrons. The van der Waals surface area contributed by atoms with Gasteiger partial charge in [0, 0.05) is 32.2 Å². The Morgan fingerprint density at radius 3 is 2.56 bits per heavy atom. The maximum Gasteiger partial charge on any atom is 0.254 e. The lowest BCUT2D eigenvalue weighted by Crippen LogP contribution is -2.41. The Morgan fingerprint density at radius 2 is 1.93 bits per heavy atom. The number of sulfonamides is 1. The summed E-state index contributed by atoms with van der Waals surface area (Å²) >= 11 is 0. The molecule has 0 bridgehead atoms. The van der Waals surface area contributed by atoms with Gasteiger partial charge in [-0.05, 0) is 31.0 Å². The molecule has 0 spiro atoms. The number of morpholine rings is 1. The summed E-state index contributed by atoms with van der Waals surface area (Å²) in [6.07, 6.45) is 0.810. The first-order valence-electron chi connectivity index (χ1n) is 8.98. The number of hydrogen-bond donors (Lipinski definition) is 1. The molecule has 2 amide bonds. The number of rotatable bonds is 7. The Hall–Kier alpha value is -1.97. The molecule has 8 nitrogen and oxygen atoms in total. The van der Waals surface area contributed by atoms with Gasteiger partial charge in [-0.3, -0.25) is 9.59 Å². The van der Waals surface area contributed by atoms with Crippen LogP contribution >= 0.6 is 0 Å². The lowest BCUT2D eigenvalue weighted by molar-refractivity contribution is -0.121. The average molecular weight is 397 g/mol. The van der Waals surface area contributed by atoms with Crippen molar-refractivity contribution in [2.45, 2.75) is 25.2 Å². The maximum atomic E-state index is 12.9. The highest BCUT2D eigenvalue weighted by Gasteiger charge is 2.28. The molecule has 150 valence electrons. The molecule has 27 heavy (non-hydrogen) atoms. The fourth-order valence-electron chi connectivity index (χ4n) is 2.76. The first kappa shape index (κ1) is 21.3. The van der Waals surface area contributed by atoms with Gasteiger partial charge < -0.3 is 15.0 Å². The lowest BCUT2D eigenvalue weighted by atomic mass is 10.1. The molecule has 2 rings (SSSR count). The molecule has 1 fully saturated rings. The highest BCUT2D eigenvalue weighted by molar-refractivity contribution is 7.89. The van der Waals surface area contributed by atoms with E-state index in [-0.39, 0.29) is 36.0 Å². The number of amides is 2. The molecule has 1 aromatic carbocycles. The fourth-order valence-corrected chi connectivity index (χ4v) is 4.42. The predicted octanol–water partition coefficient (Wildman–Crippen LogP) is 0.614. The summed E-state index contributed by atoms with van der Waals surface area (Å²) in [5.41, 5.74) is 0.805. The molecule has 0 aromatic heterocycles. The minimum Gasteiger partial charge on any atom is -0.379 e. The maximum absolute atomic E-state index is 12.9. The number of ether oxygens (including phenoxy) is 1. The van der Waals surface area contributed by atoms with Crippen LogP contribution in [0.1, 0.15) is 29.3 Å². The molecular formula is C18H27N3O5S. The molecular weight excluding hydrogens is 370 g/mol. The van der Waals surface area contributed by atoms with Crippen molar-refractivity contribution in [3.8, 4) is 0 Å². The largest absolute Gasteiger partial charge is 0.379 e. The van der Waals surface area contributed by atoms with Gasteiger partial charge in [0.2, 0.25) is 15.9 Å². The zero-order valence-electron chi connectivity index (χ0n) is 16.0. The number of carbonyl (C=O) groups is 2. The van der Waals surface area contributed by atoms with E-state index < -0.39 is 15.9 Å². The van der Waals surface area contributed by atoms with Crippen molar-refractivity contribution in [3.63, 3.8) is 0 Å². The van der Waals surface area contributed by atoms with E-state index in [9.17, 15) is 18.0 Å². The fraction of sp³-hybridized carbons (Fsp3) is 0.556.